The number of fused-ring (bicyclic) bond motifs is 1. The van der Waals surface area contributed by atoms with Crippen LogP contribution in [0, 0.1) is 0 Å². The maximum absolute atomic E-state index is 6.08. The zero-order valence-electron chi connectivity index (χ0n) is 10.1. The molecule has 2 aliphatic rings. The van der Waals surface area contributed by atoms with Crippen molar-refractivity contribution in [3.63, 3.8) is 0 Å². The molecule has 1 aromatic carbocycles. The summed E-state index contributed by atoms with van der Waals surface area (Å²) in [7, 11) is 0. The highest BCUT2D eigenvalue weighted by Crippen LogP contribution is 2.42. The van der Waals surface area contributed by atoms with E-state index in [4.69, 9.17) is 16.3 Å². The van der Waals surface area contributed by atoms with Gasteiger partial charge in [0.15, 0.2) is 0 Å². The van der Waals surface area contributed by atoms with Crippen LogP contribution in [0.2, 0.25) is 5.02 Å². The molecule has 98 valence electrons. The minimum absolute atomic E-state index is 0.447. The molecule has 1 fully saturated rings. The highest BCUT2D eigenvalue weighted by Gasteiger charge is 2.30. The van der Waals surface area contributed by atoms with Crippen LogP contribution in [-0.2, 0) is 0 Å². The lowest BCUT2D eigenvalue weighted by Gasteiger charge is -2.38. The Morgan fingerprint density at radius 2 is 2.11 bits per heavy atom. The lowest BCUT2D eigenvalue weighted by Crippen LogP contribution is -2.46. The Morgan fingerprint density at radius 3 is 2.89 bits per heavy atom. The second kappa shape index (κ2) is 5.37. The third-order valence-electron chi connectivity index (χ3n) is 3.63. The van der Waals surface area contributed by atoms with Crippen LogP contribution in [0.5, 0.6) is 5.75 Å². The Kier molecular flexibility index (Phi) is 3.80. The van der Waals surface area contributed by atoms with Gasteiger partial charge in [0.25, 0.3) is 0 Å². The summed E-state index contributed by atoms with van der Waals surface area (Å²) in [5.74, 6) is 0.934. The molecule has 0 spiro atoms. The van der Waals surface area contributed by atoms with Crippen molar-refractivity contribution in [1.29, 1.82) is 0 Å². The smallest absolute Gasteiger partial charge is 0.126 e. The monoisotopic (exact) mass is 330 g/mol. The predicted octanol–water partition coefficient (Wildman–Crippen LogP) is 2.83. The number of nitrogens with one attached hydrogen (secondary N) is 1. The molecule has 0 saturated carbocycles. The van der Waals surface area contributed by atoms with Crippen LogP contribution in [-0.4, -0.2) is 37.7 Å². The standard InChI is InChI=1S/C13H16BrClN2O/c14-10-7-9(15)8-12-13(10)11(1-6-18-12)17-4-2-16-3-5-17/h7-8,11,16H,1-6H2. The molecule has 0 radical (unpaired) electrons. The fraction of sp³-hybridized carbons (Fsp3) is 0.538. The minimum Gasteiger partial charge on any atom is -0.493 e. The molecule has 1 aromatic rings. The lowest BCUT2D eigenvalue weighted by molar-refractivity contribution is 0.125. The molecule has 1 unspecified atom stereocenters. The molecule has 0 bridgehead atoms. The van der Waals surface area contributed by atoms with Crippen LogP contribution < -0.4 is 10.1 Å². The van der Waals surface area contributed by atoms with Crippen molar-refractivity contribution in [3.05, 3.63) is 27.2 Å². The number of hydrogen-bond donors (Lipinski definition) is 1. The van der Waals surface area contributed by atoms with Crippen molar-refractivity contribution in [2.45, 2.75) is 12.5 Å². The van der Waals surface area contributed by atoms with Crippen LogP contribution in [0.3, 0.4) is 0 Å². The van der Waals surface area contributed by atoms with Gasteiger partial charge in [-0.05, 0) is 12.1 Å². The van der Waals surface area contributed by atoms with E-state index in [0.717, 1.165) is 54.5 Å². The van der Waals surface area contributed by atoms with Gasteiger partial charge < -0.3 is 10.1 Å². The van der Waals surface area contributed by atoms with E-state index in [1.54, 1.807) is 0 Å². The van der Waals surface area contributed by atoms with Crippen molar-refractivity contribution in [3.8, 4) is 5.75 Å². The average molecular weight is 332 g/mol. The van der Waals surface area contributed by atoms with Gasteiger partial charge in [0.2, 0.25) is 0 Å². The highest BCUT2D eigenvalue weighted by molar-refractivity contribution is 9.10. The van der Waals surface area contributed by atoms with Gasteiger partial charge in [-0.15, -0.1) is 0 Å². The summed E-state index contributed by atoms with van der Waals surface area (Å²) in [6.07, 6.45) is 1.05. The number of hydrogen-bond acceptors (Lipinski definition) is 3. The molecule has 0 aromatic heterocycles. The van der Waals surface area contributed by atoms with E-state index in [0.29, 0.717) is 6.04 Å². The Balaban J connectivity index is 1.95. The zero-order valence-corrected chi connectivity index (χ0v) is 12.4. The number of halogens is 2. The van der Waals surface area contributed by atoms with Crippen molar-refractivity contribution < 1.29 is 4.74 Å². The van der Waals surface area contributed by atoms with Gasteiger partial charge in [-0.2, -0.15) is 0 Å². The number of piperazine rings is 1. The van der Waals surface area contributed by atoms with Gasteiger partial charge in [-0.25, -0.2) is 0 Å². The summed E-state index contributed by atoms with van der Waals surface area (Å²) in [4.78, 5) is 2.54. The van der Waals surface area contributed by atoms with Crippen molar-refractivity contribution in [2.24, 2.45) is 0 Å². The molecule has 3 rings (SSSR count). The SMILES string of the molecule is Clc1cc(Br)c2c(c1)OCCC2N1CCNCC1. The molecule has 5 heteroatoms. The third kappa shape index (κ3) is 2.39. The first-order valence-corrected chi connectivity index (χ1v) is 7.49. The average Bonchev–Trinajstić information content (AvgIpc) is 2.38. The normalized spacial score (nSPS) is 24.4. The van der Waals surface area contributed by atoms with Gasteiger partial charge in [0.05, 0.1) is 6.61 Å². The molecular formula is C13H16BrClN2O. The molecule has 1 atom stereocenters. The Morgan fingerprint density at radius 1 is 1.33 bits per heavy atom. The van der Waals surface area contributed by atoms with Crippen LogP contribution in [0.15, 0.2) is 16.6 Å². The molecule has 1 saturated heterocycles. The second-order valence-electron chi connectivity index (χ2n) is 4.74. The fourth-order valence-electron chi connectivity index (χ4n) is 2.79. The largest absolute Gasteiger partial charge is 0.493 e. The molecule has 3 nitrogen and oxygen atoms in total. The van der Waals surface area contributed by atoms with E-state index in [1.807, 2.05) is 12.1 Å². The summed E-state index contributed by atoms with van der Waals surface area (Å²) in [5.41, 5.74) is 1.26. The molecule has 18 heavy (non-hydrogen) atoms. The van der Waals surface area contributed by atoms with Crippen LogP contribution in [0.25, 0.3) is 0 Å². The lowest BCUT2D eigenvalue weighted by atomic mass is 9.98. The fourth-order valence-corrected chi connectivity index (χ4v) is 3.83. The highest BCUT2D eigenvalue weighted by atomic mass is 79.9. The first kappa shape index (κ1) is 12.7. The van der Waals surface area contributed by atoms with E-state index < -0.39 is 0 Å². The molecule has 1 N–H and O–H groups in total. The topological polar surface area (TPSA) is 24.5 Å². The Bertz CT molecular complexity index is 449. The Hall–Kier alpha value is -0.290. The predicted molar refractivity (Wildman–Crippen MR) is 76.4 cm³/mol. The van der Waals surface area contributed by atoms with E-state index in [2.05, 4.69) is 26.1 Å². The first-order chi connectivity index (χ1) is 8.75. The first-order valence-electron chi connectivity index (χ1n) is 6.32. The van der Waals surface area contributed by atoms with Gasteiger partial charge in [-0.1, -0.05) is 27.5 Å². The number of ether oxygens (including phenoxy) is 1. The van der Waals surface area contributed by atoms with Gasteiger partial charge in [0.1, 0.15) is 5.75 Å². The van der Waals surface area contributed by atoms with Crippen molar-refractivity contribution in [2.75, 3.05) is 32.8 Å². The summed E-state index contributed by atoms with van der Waals surface area (Å²) >= 11 is 9.71. The maximum atomic E-state index is 6.08. The van der Waals surface area contributed by atoms with Crippen LogP contribution in [0.1, 0.15) is 18.0 Å². The van der Waals surface area contributed by atoms with Crippen LogP contribution >= 0.6 is 27.5 Å². The number of rotatable bonds is 1. The maximum Gasteiger partial charge on any atom is 0.126 e. The number of benzene rings is 1. The van der Waals surface area contributed by atoms with Crippen molar-refractivity contribution in [1.82, 2.24) is 10.2 Å². The molecule has 2 aliphatic heterocycles. The molecular weight excluding hydrogens is 316 g/mol. The zero-order chi connectivity index (χ0) is 12.5. The van der Waals surface area contributed by atoms with E-state index >= 15 is 0 Å². The third-order valence-corrected chi connectivity index (χ3v) is 4.51. The van der Waals surface area contributed by atoms with Gasteiger partial charge in [0, 0.05) is 53.7 Å². The van der Waals surface area contributed by atoms with Crippen molar-refractivity contribution >= 4 is 27.5 Å². The van der Waals surface area contributed by atoms with Gasteiger partial charge in [-0.3, -0.25) is 4.90 Å². The minimum atomic E-state index is 0.447. The van der Waals surface area contributed by atoms with E-state index in [9.17, 15) is 0 Å². The summed E-state index contributed by atoms with van der Waals surface area (Å²) < 4.78 is 6.81. The quantitative estimate of drug-likeness (QED) is 0.856. The molecule has 0 amide bonds. The van der Waals surface area contributed by atoms with E-state index in [-0.39, 0.29) is 0 Å². The molecule has 0 aliphatic carbocycles. The number of nitrogens with zero attached hydrogens (tertiary/aromatic N) is 1. The summed E-state index contributed by atoms with van der Waals surface area (Å²) in [5, 5.41) is 4.12. The van der Waals surface area contributed by atoms with Crippen LogP contribution in [0.4, 0.5) is 0 Å². The van der Waals surface area contributed by atoms with Gasteiger partial charge >= 0.3 is 0 Å². The summed E-state index contributed by atoms with van der Waals surface area (Å²) in [6, 6.07) is 4.34. The molecule has 2 heterocycles. The Labute approximate surface area is 121 Å². The second-order valence-corrected chi connectivity index (χ2v) is 6.03. The van der Waals surface area contributed by atoms with E-state index in [1.165, 1.54) is 5.56 Å². The summed E-state index contributed by atoms with van der Waals surface area (Å²) in [6.45, 7) is 5.10.